The third kappa shape index (κ3) is 6.10. The van der Waals surface area contributed by atoms with Crippen molar-refractivity contribution < 1.29 is 9.59 Å². The second-order valence-corrected chi connectivity index (χ2v) is 12.3. The van der Waals surface area contributed by atoms with E-state index < -0.39 is 0 Å². The highest BCUT2D eigenvalue weighted by molar-refractivity contribution is 6.42. The van der Waals surface area contributed by atoms with Gasteiger partial charge in [-0.25, -0.2) is 9.55 Å². The SMILES string of the molecule is CNC(=O)c1ccc(-n2c(N[C@H](CC3CC3)c3ccccc3)nc3c(c2=O)C[C@@H](C)N(C(=O)c2ccc(Cl)c(Cl)c2)C3)cc1. The van der Waals surface area contributed by atoms with Gasteiger partial charge in [-0.3, -0.25) is 14.4 Å². The average Bonchev–Trinajstić information content (AvgIpc) is 3.86. The molecule has 1 fully saturated rings. The first-order valence-electron chi connectivity index (χ1n) is 14.8. The van der Waals surface area contributed by atoms with Crippen LogP contribution in [-0.2, 0) is 13.0 Å². The molecule has 2 heterocycles. The lowest BCUT2D eigenvalue weighted by molar-refractivity contribution is 0.0653. The van der Waals surface area contributed by atoms with Crippen molar-refractivity contribution in [2.45, 2.75) is 51.2 Å². The lowest BCUT2D eigenvalue weighted by Gasteiger charge is -2.35. The molecular weight excluding hydrogens is 597 g/mol. The normalized spacial score (nSPS) is 16.6. The minimum absolute atomic E-state index is 0.0681. The third-order valence-electron chi connectivity index (χ3n) is 8.43. The molecule has 2 aliphatic rings. The van der Waals surface area contributed by atoms with E-state index in [0.29, 0.717) is 56.4 Å². The molecule has 6 rings (SSSR count). The Morgan fingerprint density at radius 1 is 0.977 bits per heavy atom. The van der Waals surface area contributed by atoms with Crippen LogP contribution in [0.15, 0.2) is 77.6 Å². The maximum atomic E-state index is 14.3. The van der Waals surface area contributed by atoms with Crippen LogP contribution in [0.25, 0.3) is 5.69 Å². The highest BCUT2D eigenvalue weighted by atomic mass is 35.5. The number of anilines is 1. The Labute approximate surface area is 266 Å². The molecule has 8 nitrogen and oxygen atoms in total. The Kier molecular flexibility index (Phi) is 8.47. The van der Waals surface area contributed by atoms with Gasteiger partial charge >= 0.3 is 0 Å². The van der Waals surface area contributed by atoms with E-state index in [0.717, 1.165) is 12.0 Å². The van der Waals surface area contributed by atoms with E-state index in [9.17, 15) is 14.4 Å². The zero-order chi connectivity index (χ0) is 31.0. The molecule has 44 heavy (non-hydrogen) atoms. The van der Waals surface area contributed by atoms with Crippen molar-refractivity contribution in [2.24, 2.45) is 5.92 Å². The molecule has 226 valence electrons. The number of hydrogen-bond donors (Lipinski definition) is 2. The first kappa shape index (κ1) is 29.9. The van der Waals surface area contributed by atoms with Crippen LogP contribution < -0.4 is 16.2 Å². The summed E-state index contributed by atoms with van der Waals surface area (Å²) < 4.78 is 1.60. The number of benzene rings is 3. The van der Waals surface area contributed by atoms with E-state index in [1.54, 1.807) is 59.0 Å². The number of aromatic nitrogens is 2. The smallest absolute Gasteiger partial charge is 0.263 e. The van der Waals surface area contributed by atoms with E-state index in [1.807, 2.05) is 25.1 Å². The molecule has 2 amide bonds. The highest BCUT2D eigenvalue weighted by Gasteiger charge is 2.33. The molecule has 4 aromatic rings. The highest BCUT2D eigenvalue weighted by Crippen LogP contribution is 2.39. The van der Waals surface area contributed by atoms with Crippen LogP contribution in [0.5, 0.6) is 0 Å². The second kappa shape index (κ2) is 12.5. The van der Waals surface area contributed by atoms with Gasteiger partial charge in [0.1, 0.15) is 0 Å². The second-order valence-electron chi connectivity index (χ2n) is 11.5. The first-order chi connectivity index (χ1) is 21.2. The van der Waals surface area contributed by atoms with Crippen LogP contribution >= 0.6 is 23.2 Å². The van der Waals surface area contributed by atoms with Crippen molar-refractivity contribution in [3.63, 3.8) is 0 Å². The number of nitrogens with zero attached hydrogens (tertiary/aromatic N) is 3. The molecule has 3 aromatic carbocycles. The lowest BCUT2D eigenvalue weighted by atomic mass is 9.98. The molecule has 1 aliphatic carbocycles. The Bertz CT molecular complexity index is 1770. The van der Waals surface area contributed by atoms with Gasteiger partial charge in [0, 0.05) is 29.8 Å². The van der Waals surface area contributed by atoms with Gasteiger partial charge in [-0.05, 0) is 73.7 Å². The summed E-state index contributed by atoms with van der Waals surface area (Å²) in [5.74, 6) is 0.591. The van der Waals surface area contributed by atoms with Crippen LogP contribution in [0.2, 0.25) is 10.0 Å². The molecule has 0 spiro atoms. The molecule has 2 atom stereocenters. The van der Waals surface area contributed by atoms with Gasteiger partial charge < -0.3 is 15.5 Å². The van der Waals surface area contributed by atoms with Crippen LogP contribution in [0.4, 0.5) is 5.95 Å². The molecule has 1 aromatic heterocycles. The first-order valence-corrected chi connectivity index (χ1v) is 15.5. The zero-order valence-corrected chi connectivity index (χ0v) is 26.0. The van der Waals surface area contributed by atoms with E-state index in [4.69, 9.17) is 28.2 Å². The van der Waals surface area contributed by atoms with Gasteiger partial charge in [0.05, 0.1) is 34.0 Å². The molecule has 0 bridgehead atoms. The number of carbonyl (C=O) groups is 2. The van der Waals surface area contributed by atoms with Gasteiger partial charge in [0.2, 0.25) is 5.95 Å². The molecular formula is C34H33Cl2N5O3. The lowest BCUT2D eigenvalue weighted by Crippen LogP contribution is -2.46. The van der Waals surface area contributed by atoms with Crippen LogP contribution in [0.1, 0.15) is 69.8 Å². The predicted molar refractivity (Wildman–Crippen MR) is 173 cm³/mol. The van der Waals surface area contributed by atoms with Crippen molar-refractivity contribution in [3.05, 3.63) is 121 Å². The Balaban J connectivity index is 1.43. The topological polar surface area (TPSA) is 96.3 Å². The number of hydrogen-bond acceptors (Lipinski definition) is 5. The molecule has 0 radical (unpaired) electrons. The van der Waals surface area contributed by atoms with E-state index in [1.165, 1.54) is 12.8 Å². The summed E-state index contributed by atoms with van der Waals surface area (Å²) in [5, 5.41) is 6.92. The van der Waals surface area contributed by atoms with Crippen LogP contribution in [-0.4, -0.2) is 39.4 Å². The quantitative estimate of drug-likeness (QED) is 0.234. The predicted octanol–water partition coefficient (Wildman–Crippen LogP) is 6.44. The summed E-state index contributed by atoms with van der Waals surface area (Å²) in [6.07, 6.45) is 3.61. The monoisotopic (exact) mass is 629 g/mol. The number of fused-ring (bicyclic) bond motifs is 1. The fourth-order valence-corrected chi connectivity index (χ4v) is 6.07. The van der Waals surface area contributed by atoms with Crippen molar-refractivity contribution in [1.29, 1.82) is 0 Å². The van der Waals surface area contributed by atoms with Gasteiger partial charge in [0.15, 0.2) is 0 Å². The summed E-state index contributed by atoms with van der Waals surface area (Å²) in [5.41, 5.74) is 3.54. The van der Waals surface area contributed by atoms with E-state index in [-0.39, 0.29) is 36.0 Å². The van der Waals surface area contributed by atoms with Gasteiger partial charge in [-0.2, -0.15) is 0 Å². The minimum atomic E-state index is -0.256. The molecule has 0 unspecified atom stereocenters. The maximum absolute atomic E-state index is 14.3. The number of nitrogens with one attached hydrogen (secondary N) is 2. The van der Waals surface area contributed by atoms with Gasteiger partial charge in [-0.1, -0.05) is 66.4 Å². The fraction of sp³-hybridized carbons (Fsp3) is 0.294. The van der Waals surface area contributed by atoms with Crippen molar-refractivity contribution >= 4 is 41.0 Å². The Hall–Kier alpha value is -4.14. The average molecular weight is 631 g/mol. The molecule has 10 heteroatoms. The van der Waals surface area contributed by atoms with Crippen LogP contribution in [0.3, 0.4) is 0 Å². The fourth-order valence-electron chi connectivity index (χ4n) is 5.77. The third-order valence-corrected chi connectivity index (χ3v) is 9.17. The number of halogens is 2. The van der Waals surface area contributed by atoms with Crippen molar-refractivity contribution in [1.82, 2.24) is 19.8 Å². The molecule has 1 saturated carbocycles. The summed E-state index contributed by atoms with van der Waals surface area (Å²) in [4.78, 5) is 46.9. The summed E-state index contributed by atoms with van der Waals surface area (Å²) in [6, 6.07) is 21.6. The maximum Gasteiger partial charge on any atom is 0.263 e. The van der Waals surface area contributed by atoms with Crippen molar-refractivity contribution in [2.75, 3.05) is 12.4 Å². The molecule has 2 N–H and O–H groups in total. The summed E-state index contributed by atoms with van der Waals surface area (Å²) >= 11 is 12.3. The van der Waals surface area contributed by atoms with Crippen LogP contribution in [0, 0.1) is 5.92 Å². The largest absolute Gasteiger partial charge is 0.355 e. The number of rotatable bonds is 8. The van der Waals surface area contributed by atoms with Gasteiger partial charge in [0.25, 0.3) is 17.4 Å². The number of carbonyl (C=O) groups excluding carboxylic acids is 2. The Morgan fingerprint density at radius 2 is 1.68 bits per heavy atom. The van der Waals surface area contributed by atoms with E-state index >= 15 is 0 Å². The zero-order valence-electron chi connectivity index (χ0n) is 24.5. The van der Waals surface area contributed by atoms with Crippen molar-refractivity contribution in [3.8, 4) is 5.69 Å². The number of amides is 2. The van der Waals surface area contributed by atoms with Gasteiger partial charge in [-0.15, -0.1) is 0 Å². The Morgan fingerprint density at radius 3 is 2.34 bits per heavy atom. The standard InChI is InChI=1S/C34H33Cl2N5O3/c1-20-16-26-30(19-40(20)32(43)24-12-15-27(35)28(36)18-24)39-34(38-29(17-21-8-9-21)22-6-4-3-5-7-22)41(33(26)44)25-13-10-23(11-14-25)31(42)37-2/h3-7,10-15,18,20-21,29H,8-9,16-17,19H2,1-2H3,(H,37,42)(H,38,39)/t20-,29-/m1/s1. The molecule has 0 saturated heterocycles. The molecule has 1 aliphatic heterocycles. The minimum Gasteiger partial charge on any atom is -0.355 e. The van der Waals surface area contributed by atoms with E-state index in [2.05, 4.69) is 22.8 Å². The summed E-state index contributed by atoms with van der Waals surface area (Å²) in [6.45, 7) is 2.10. The summed E-state index contributed by atoms with van der Waals surface area (Å²) in [7, 11) is 1.58.